The summed E-state index contributed by atoms with van der Waals surface area (Å²) in [5.41, 5.74) is 2.47. The number of amides is 1. The van der Waals surface area contributed by atoms with Crippen LogP contribution in [0.25, 0.3) is 0 Å². The molecule has 1 aliphatic rings. The van der Waals surface area contributed by atoms with Crippen LogP contribution in [0.1, 0.15) is 22.3 Å². The second-order valence-electron chi connectivity index (χ2n) is 5.42. The first kappa shape index (κ1) is 17.8. The van der Waals surface area contributed by atoms with Gasteiger partial charge < -0.3 is 15.4 Å². The zero-order chi connectivity index (χ0) is 17.6. The fraction of sp³-hybridized carbons (Fsp3) is 0.375. The van der Waals surface area contributed by atoms with Gasteiger partial charge in [0.15, 0.2) is 10.1 Å². The SMILES string of the molecule is COCCNc1nnc(SCC(=O)c2ccc3c(c2)CCC(=O)N3)s1. The van der Waals surface area contributed by atoms with Gasteiger partial charge in [-0.15, -0.1) is 10.2 Å². The quantitative estimate of drug-likeness (QED) is 0.414. The molecule has 0 saturated heterocycles. The molecule has 0 aliphatic carbocycles. The number of rotatable bonds is 8. The summed E-state index contributed by atoms with van der Waals surface area (Å²) in [6.07, 6.45) is 1.13. The third kappa shape index (κ3) is 4.77. The Morgan fingerprint density at radius 1 is 1.40 bits per heavy atom. The molecule has 1 amide bonds. The molecule has 0 saturated carbocycles. The molecule has 0 radical (unpaired) electrons. The van der Waals surface area contributed by atoms with Gasteiger partial charge in [0.1, 0.15) is 0 Å². The van der Waals surface area contributed by atoms with E-state index in [9.17, 15) is 9.59 Å². The van der Waals surface area contributed by atoms with Crippen molar-refractivity contribution in [1.82, 2.24) is 10.2 Å². The maximum Gasteiger partial charge on any atom is 0.224 e. The fourth-order valence-corrected chi connectivity index (χ4v) is 4.04. The number of fused-ring (bicyclic) bond motifs is 1. The van der Waals surface area contributed by atoms with E-state index in [1.54, 1.807) is 19.2 Å². The number of Topliss-reactive ketones (excluding diaryl/α,β-unsaturated/α-hetero) is 1. The number of hydrogen-bond acceptors (Lipinski definition) is 8. The number of nitrogens with zero attached hydrogens (tertiary/aromatic N) is 2. The molecule has 25 heavy (non-hydrogen) atoms. The van der Waals surface area contributed by atoms with Gasteiger partial charge in [-0.1, -0.05) is 23.1 Å². The lowest BCUT2D eigenvalue weighted by Gasteiger charge is -2.17. The molecule has 1 aliphatic heterocycles. The maximum absolute atomic E-state index is 12.4. The summed E-state index contributed by atoms with van der Waals surface area (Å²) in [5, 5.41) is 14.7. The van der Waals surface area contributed by atoms with Crippen LogP contribution in [0, 0.1) is 0 Å². The average molecular weight is 378 g/mol. The topological polar surface area (TPSA) is 93.2 Å². The van der Waals surface area contributed by atoms with Crippen molar-refractivity contribution < 1.29 is 14.3 Å². The van der Waals surface area contributed by atoms with Gasteiger partial charge in [-0.25, -0.2) is 0 Å². The normalized spacial score (nSPS) is 13.2. The van der Waals surface area contributed by atoms with Crippen molar-refractivity contribution in [2.75, 3.05) is 36.6 Å². The molecule has 0 spiro atoms. The molecule has 2 aromatic rings. The molecule has 0 unspecified atom stereocenters. The maximum atomic E-state index is 12.4. The molecule has 7 nitrogen and oxygen atoms in total. The number of carbonyl (C=O) groups is 2. The molecule has 0 bridgehead atoms. The van der Waals surface area contributed by atoms with Gasteiger partial charge in [-0.05, 0) is 30.2 Å². The third-order valence-electron chi connectivity index (χ3n) is 3.64. The number of thioether (sulfide) groups is 1. The Morgan fingerprint density at radius 2 is 2.28 bits per heavy atom. The number of carbonyl (C=O) groups excluding carboxylic acids is 2. The first-order valence-corrected chi connectivity index (χ1v) is 9.61. The highest BCUT2D eigenvalue weighted by Crippen LogP contribution is 2.27. The van der Waals surface area contributed by atoms with Crippen LogP contribution in [0.2, 0.25) is 0 Å². The van der Waals surface area contributed by atoms with Crippen LogP contribution in [0.4, 0.5) is 10.8 Å². The molecule has 0 fully saturated rings. The van der Waals surface area contributed by atoms with Crippen LogP contribution >= 0.6 is 23.1 Å². The van der Waals surface area contributed by atoms with Crippen molar-refractivity contribution in [2.45, 2.75) is 17.2 Å². The number of benzene rings is 1. The van der Waals surface area contributed by atoms with Crippen LogP contribution in [-0.4, -0.2) is 47.9 Å². The minimum absolute atomic E-state index is 0.0216. The Morgan fingerprint density at radius 3 is 3.12 bits per heavy atom. The smallest absolute Gasteiger partial charge is 0.224 e. The summed E-state index contributed by atoms with van der Waals surface area (Å²) in [4.78, 5) is 23.8. The van der Waals surface area contributed by atoms with E-state index in [4.69, 9.17) is 4.74 Å². The second kappa shape index (κ2) is 8.41. The number of ketones is 1. The summed E-state index contributed by atoms with van der Waals surface area (Å²) in [6, 6.07) is 5.42. The van der Waals surface area contributed by atoms with E-state index in [1.165, 1.54) is 23.1 Å². The van der Waals surface area contributed by atoms with Gasteiger partial charge in [-0.2, -0.15) is 0 Å². The van der Waals surface area contributed by atoms with E-state index >= 15 is 0 Å². The van der Waals surface area contributed by atoms with Crippen molar-refractivity contribution in [1.29, 1.82) is 0 Å². The van der Waals surface area contributed by atoms with Crippen LogP contribution < -0.4 is 10.6 Å². The molecule has 9 heteroatoms. The minimum atomic E-state index is 0.0216. The summed E-state index contributed by atoms with van der Waals surface area (Å²) in [7, 11) is 1.64. The van der Waals surface area contributed by atoms with Gasteiger partial charge in [0.25, 0.3) is 0 Å². The summed E-state index contributed by atoms with van der Waals surface area (Å²) in [6.45, 7) is 1.26. The molecule has 132 valence electrons. The number of ether oxygens (including phenoxy) is 1. The lowest BCUT2D eigenvalue weighted by molar-refractivity contribution is -0.116. The lowest BCUT2D eigenvalue weighted by atomic mass is 9.99. The van der Waals surface area contributed by atoms with Gasteiger partial charge in [-0.3, -0.25) is 9.59 Å². The van der Waals surface area contributed by atoms with Crippen molar-refractivity contribution in [3.63, 3.8) is 0 Å². The van der Waals surface area contributed by atoms with E-state index < -0.39 is 0 Å². The Bertz CT molecular complexity index is 778. The molecule has 2 N–H and O–H groups in total. The van der Waals surface area contributed by atoms with Crippen molar-refractivity contribution in [2.24, 2.45) is 0 Å². The lowest BCUT2D eigenvalue weighted by Crippen LogP contribution is -2.19. The number of nitrogens with one attached hydrogen (secondary N) is 2. The van der Waals surface area contributed by atoms with Crippen LogP contribution in [0.15, 0.2) is 22.5 Å². The highest BCUT2D eigenvalue weighted by Gasteiger charge is 2.17. The van der Waals surface area contributed by atoms with E-state index in [1.807, 2.05) is 6.07 Å². The Hall–Kier alpha value is -1.97. The van der Waals surface area contributed by atoms with Gasteiger partial charge in [0, 0.05) is 31.3 Å². The van der Waals surface area contributed by atoms with Crippen LogP contribution in [0.5, 0.6) is 0 Å². The highest BCUT2D eigenvalue weighted by molar-refractivity contribution is 8.01. The monoisotopic (exact) mass is 378 g/mol. The second-order valence-corrected chi connectivity index (χ2v) is 7.62. The molecular weight excluding hydrogens is 360 g/mol. The molecule has 3 rings (SSSR count). The molecule has 2 heterocycles. The minimum Gasteiger partial charge on any atom is -0.383 e. The average Bonchev–Trinajstić information content (AvgIpc) is 3.07. The van der Waals surface area contributed by atoms with Crippen molar-refractivity contribution >= 4 is 45.6 Å². The number of anilines is 2. The largest absolute Gasteiger partial charge is 0.383 e. The molecule has 1 aromatic carbocycles. The van der Waals surface area contributed by atoms with Gasteiger partial charge >= 0.3 is 0 Å². The zero-order valence-corrected chi connectivity index (χ0v) is 15.3. The Labute approximate surface area is 153 Å². The highest BCUT2D eigenvalue weighted by atomic mass is 32.2. The molecule has 1 aromatic heterocycles. The van der Waals surface area contributed by atoms with E-state index in [0.29, 0.717) is 37.3 Å². The number of aryl methyl sites for hydroxylation is 1. The third-order valence-corrected chi connectivity index (χ3v) is 5.65. The van der Waals surface area contributed by atoms with E-state index in [-0.39, 0.29) is 11.7 Å². The van der Waals surface area contributed by atoms with Gasteiger partial charge in [0.2, 0.25) is 11.0 Å². The first-order valence-electron chi connectivity index (χ1n) is 7.81. The van der Waals surface area contributed by atoms with E-state index in [0.717, 1.165) is 20.7 Å². The number of hydrogen-bond donors (Lipinski definition) is 2. The van der Waals surface area contributed by atoms with Crippen molar-refractivity contribution in [3.05, 3.63) is 29.3 Å². The van der Waals surface area contributed by atoms with Crippen LogP contribution in [0.3, 0.4) is 0 Å². The predicted octanol–water partition coefficient (Wildman–Crippen LogP) is 2.46. The summed E-state index contributed by atoms with van der Waals surface area (Å²) < 4.78 is 5.71. The predicted molar refractivity (Wildman–Crippen MR) is 98.7 cm³/mol. The summed E-state index contributed by atoms with van der Waals surface area (Å²) >= 11 is 2.79. The first-order chi connectivity index (χ1) is 12.2. The molecule has 0 atom stereocenters. The van der Waals surface area contributed by atoms with Gasteiger partial charge in [0.05, 0.1) is 12.4 Å². The van der Waals surface area contributed by atoms with E-state index in [2.05, 4.69) is 20.8 Å². The Balaban J connectivity index is 1.55. The van der Waals surface area contributed by atoms with Crippen LogP contribution in [-0.2, 0) is 16.0 Å². The standard InChI is InChI=1S/C16H18N4O3S2/c1-23-7-6-17-15-19-20-16(25-15)24-9-13(21)11-2-4-12-10(8-11)3-5-14(22)18-12/h2,4,8H,3,5-7,9H2,1H3,(H,17,19)(H,18,22). The number of aromatic nitrogens is 2. The van der Waals surface area contributed by atoms with Crippen molar-refractivity contribution in [3.8, 4) is 0 Å². The Kier molecular flexibility index (Phi) is 6.00. The fourth-order valence-electron chi connectivity index (χ4n) is 2.37. The molecular formula is C16H18N4O3S2. The number of methoxy groups -OCH3 is 1. The zero-order valence-electron chi connectivity index (χ0n) is 13.7. The summed E-state index contributed by atoms with van der Waals surface area (Å²) in [5.74, 6) is 0.361.